The van der Waals surface area contributed by atoms with E-state index in [1.807, 2.05) is 51.8 Å². The van der Waals surface area contributed by atoms with Gasteiger partial charge in [0.1, 0.15) is 12.5 Å². The van der Waals surface area contributed by atoms with Crippen LogP contribution in [0, 0.1) is 0 Å². The zero-order chi connectivity index (χ0) is 19.3. The van der Waals surface area contributed by atoms with Crippen LogP contribution in [0.4, 0.5) is 4.39 Å². The fraction of sp³-hybridized carbons (Fsp3) is 0.526. The second-order valence-electron chi connectivity index (χ2n) is 7.19. The standard InChI is InChI=1S/C13H17BO3.C4H8FN.C2H4/c1-12(2)13(3,4)17-14(16-12)11-7-5-10(9-15)6-8-11;1-6-2-4(5)3-6;1-2/h5-9H,1-4H3;4H,2-3H2,1H3;1-2H2. The van der Waals surface area contributed by atoms with Crippen molar-refractivity contribution < 1.29 is 18.5 Å². The van der Waals surface area contributed by atoms with Gasteiger partial charge in [0.05, 0.1) is 11.2 Å². The number of nitrogens with zero attached hydrogens (tertiary/aromatic N) is 1. The number of likely N-dealkylation sites (tertiary alicyclic amines) is 1. The lowest BCUT2D eigenvalue weighted by molar-refractivity contribution is 0.00578. The van der Waals surface area contributed by atoms with Crippen LogP contribution in [-0.2, 0) is 9.31 Å². The second-order valence-corrected chi connectivity index (χ2v) is 7.19. The van der Waals surface area contributed by atoms with Crippen molar-refractivity contribution in [3.63, 3.8) is 0 Å². The summed E-state index contributed by atoms with van der Waals surface area (Å²) in [7, 11) is 1.55. The molecule has 0 unspecified atom stereocenters. The molecule has 0 atom stereocenters. The van der Waals surface area contributed by atoms with E-state index in [1.165, 1.54) is 0 Å². The van der Waals surface area contributed by atoms with Gasteiger partial charge in [-0.25, -0.2) is 4.39 Å². The van der Waals surface area contributed by atoms with Gasteiger partial charge >= 0.3 is 7.12 Å². The SMILES string of the molecule is C=C.CC1(C)OB(c2ccc(C=O)cc2)OC1(C)C.CN1CC(F)C1. The minimum Gasteiger partial charge on any atom is -0.399 e. The zero-order valence-electron chi connectivity index (χ0n) is 15.9. The molecule has 0 amide bonds. The molecular formula is C19H29BFNO3. The summed E-state index contributed by atoms with van der Waals surface area (Å²) in [5.41, 5.74) is 0.932. The Balaban J connectivity index is 0.000000326. The molecule has 0 spiro atoms. The lowest BCUT2D eigenvalue weighted by Gasteiger charge is -2.32. The van der Waals surface area contributed by atoms with E-state index in [0.29, 0.717) is 18.7 Å². The molecule has 0 aromatic heterocycles. The van der Waals surface area contributed by atoms with E-state index in [-0.39, 0.29) is 18.3 Å². The van der Waals surface area contributed by atoms with E-state index in [4.69, 9.17) is 9.31 Å². The maximum atomic E-state index is 11.7. The highest BCUT2D eigenvalue weighted by Gasteiger charge is 2.51. The molecule has 0 N–H and O–H groups in total. The number of halogens is 1. The van der Waals surface area contributed by atoms with Gasteiger partial charge in [-0.3, -0.25) is 4.79 Å². The molecule has 2 saturated heterocycles. The van der Waals surface area contributed by atoms with E-state index in [0.717, 1.165) is 11.7 Å². The van der Waals surface area contributed by atoms with Crippen molar-refractivity contribution in [1.82, 2.24) is 4.90 Å². The van der Waals surface area contributed by atoms with E-state index < -0.39 is 6.17 Å². The predicted octanol–water partition coefficient (Wildman–Crippen LogP) is 2.87. The Kier molecular flexibility index (Phi) is 7.53. The summed E-state index contributed by atoms with van der Waals surface area (Å²) >= 11 is 0. The maximum absolute atomic E-state index is 11.7. The summed E-state index contributed by atoms with van der Waals surface area (Å²) in [5.74, 6) is 0. The number of aldehydes is 1. The van der Waals surface area contributed by atoms with E-state index >= 15 is 0 Å². The number of carbonyl (C=O) groups excluding carboxylic acids is 1. The Morgan fingerprint density at radius 1 is 1.12 bits per heavy atom. The van der Waals surface area contributed by atoms with Crippen molar-refractivity contribution in [2.75, 3.05) is 20.1 Å². The lowest BCUT2D eigenvalue weighted by atomic mass is 9.79. The minimum absolute atomic E-state index is 0.332. The van der Waals surface area contributed by atoms with Crippen LogP contribution in [0.5, 0.6) is 0 Å². The first kappa shape index (κ1) is 21.5. The molecule has 2 aliphatic heterocycles. The second kappa shape index (κ2) is 8.74. The van der Waals surface area contributed by atoms with Crippen LogP contribution in [0.3, 0.4) is 0 Å². The van der Waals surface area contributed by atoms with E-state index in [2.05, 4.69) is 13.2 Å². The normalized spacial score (nSPS) is 21.3. The van der Waals surface area contributed by atoms with Crippen LogP contribution >= 0.6 is 0 Å². The van der Waals surface area contributed by atoms with Gasteiger partial charge in [-0.05, 0) is 40.2 Å². The molecule has 2 fully saturated rings. The number of rotatable bonds is 2. The summed E-state index contributed by atoms with van der Waals surface area (Å²) in [4.78, 5) is 12.5. The van der Waals surface area contributed by atoms with Crippen LogP contribution in [0.15, 0.2) is 37.4 Å². The van der Waals surface area contributed by atoms with Crippen molar-refractivity contribution >= 4 is 18.9 Å². The smallest absolute Gasteiger partial charge is 0.399 e. The maximum Gasteiger partial charge on any atom is 0.494 e. The fourth-order valence-corrected chi connectivity index (χ4v) is 2.33. The summed E-state index contributed by atoms with van der Waals surface area (Å²) in [5, 5.41) is 0. The zero-order valence-corrected chi connectivity index (χ0v) is 15.9. The molecule has 1 aromatic rings. The summed E-state index contributed by atoms with van der Waals surface area (Å²) in [6.45, 7) is 15.4. The molecule has 0 radical (unpaired) electrons. The molecule has 3 rings (SSSR count). The van der Waals surface area contributed by atoms with Crippen molar-refractivity contribution in [3.05, 3.63) is 43.0 Å². The van der Waals surface area contributed by atoms with E-state index in [1.54, 1.807) is 12.1 Å². The van der Waals surface area contributed by atoms with Gasteiger partial charge in [-0.2, -0.15) is 0 Å². The third-order valence-electron chi connectivity index (χ3n) is 4.62. The first-order chi connectivity index (χ1) is 11.6. The lowest BCUT2D eigenvalue weighted by Crippen LogP contribution is -2.45. The number of hydrogen-bond donors (Lipinski definition) is 0. The molecule has 138 valence electrons. The van der Waals surface area contributed by atoms with Crippen molar-refractivity contribution in [1.29, 1.82) is 0 Å². The monoisotopic (exact) mass is 349 g/mol. The van der Waals surface area contributed by atoms with Gasteiger partial charge in [0.25, 0.3) is 0 Å². The molecule has 0 bridgehead atoms. The summed E-state index contributed by atoms with van der Waals surface area (Å²) in [6.07, 6.45) is 0.295. The van der Waals surface area contributed by atoms with Gasteiger partial charge in [0, 0.05) is 18.7 Å². The highest BCUT2D eigenvalue weighted by Crippen LogP contribution is 2.36. The number of carbonyl (C=O) groups is 1. The van der Waals surface area contributed by atoms with E-state index in [9.17, 15) is 9.18 Å². The molecular weight excluding hydrogens is 320 g/mol. The van der Waals surface area contributed by atoms with Gasteiger partial charge < -0.3 is 14.2 Å². The van der Waals surface area contributed by atoms with Crippen molar-refractivity contribution in [2.45, 2.75) is 45.1 Å². The number of benzene rings is 1. The molecule has 2 aliphatic rings. The van der Waals surface area contributed by atoms with Crippen molar-refractivity contribution in [3.8, 4) is 0 Å². The minimum atomic E-state index is -0.532. The van der Waals surface area contributed by atoms with Gasteiger partial charge in [0.15, 0.2) is 0 Å². The topological polar surface area (TPSA) is 38.8 Å². The predicted molar refractivity (Wildman–Crippen MR) is 101 cm³/mol. The van der Waals surface area contributed by atoms with Gasteiger partial charge in [0.2, 0.25) is 0 Å². The molecule has 0 aliphatic carbocycles. The van der Waals surface area contributed by atoms with Crippen LogP contribution in [0.25, 0.3) is 0 Å². The number of alkyl halides is 1. The van der Waals surface area contributed by atoms with Crippen LogP contribution < -0.4 is 5.46 Å². The molecule has 1 aromatic carbocycles. The Morgan fingerprint density at radius 2 is 1.56 bits per heavy atom. The molecule has 2 heterocycles. The Hall–Kier alpha value is -1.50. The molecule has 0 saturated carbocycles. The highest BCUT2D eigenvalue weighted by atomic mass is 19.1. The first-order valence-electron chi connectivity index (χ1n) is 8.38. The number of hydrogen-bond acceptors (Lipinski definition) is 4. The third kappa shape index (κ3) is 5.49. The Bertz CT molecular complexity index is 534. The first-order valence-corrected chi connectivity index (χ1v) is 8.38. The summed E-state index contributed by atoms with van der Waals surface area (Å²) in [6, 6.07) is 7.28. The van der Waals surface area contributed by atoms with Gasteiger partial charge in [-0.1, -0.05) is 24.3 Å². The largest absolute Gasteiger partial charge is 0.494 e. The molecule has 25 heavy (non-hydrogen) atoms. The Morgan fingerprint density at radius 3 is 1.84 bits per heavy atom. The van der Waals surface area contributed by atoms with Gasteiger partial charge in [-0.15, -0.1) is 13.2 Å². The van der Waals surface area contributed by atoms with Crippen molar-refractivity contribution in [2.24, 2.45) is 0 Å². The average Bonchev–Trinajstić information content (AvgIpc) is 2.77. The summed E-state index contributed by atoms with van der Waals surface area (Å²) < 4.78 is 23.6. The molecule has 6 heteroatoms. The Labute approximate surface area is 151 Å². The van der Waals surface area contributed by atoms with Crippen LogP contribution in [-0.4, -0.2) is 55.8 Å². The highest BCUT2D eigenvalue weighted by molar-refractivity contribution is 6.62. The van der Waals surface area contributed by atoms with Crippen LogP contribution in [0.1, 0.15) is 38.1 Å². The van der Waals surface area contributed by atoms with Crippen LogP contribution in [0.2, 0.25) is 0 Å². The third-order valence-corrected chi connectivity index (χ3v) is 4.62. The average molecular weight is 349 g/mol. The molecule has 4 nitrogen and oxygen atoms in total. The quantitative estimate of drug-likeness (QED) is 0.468. The fourth-order valence-electron chi connectivity index (χ4n) is 2.33.